The smallest absolute Gasteiger partial charge is 0.318 e. The van der Waals surface area contributed by atoms with E-state index in [9.17, 15) is 4.79 Å². The number of methoxy groups -OCH3 is 1. The molecular weight excluding hydrogens is 252 g/mol. The van der Waals surface area contributed by atoms with Crippen LogP contribution in [0.1, 0.15) is 12.0 Å². The highest BCUT2D eigenvalue weighted by molar-refractivity contribution is 6.32. The van der Waals surface area contributed by atoms with Crippen molar-refractivity contribution in [3.8, 4) is 0 Å². The van der Waals surface area contributed by atoms with E-state index in [1.807, 2.05) is 18.2 Å². The third-order valence-corrected chi connectivity index (χ3v) is 2.54. The number of benzene rings is 1. The van der Waals surface area contributed by atoms with E-state index in [1.54, 1.807) is 25.5 Å². The van der Waals surface area contributed by atoms with Gasteiger partial charge in [-0.3, -0.25) is 0 Å². The number of urea groups is 1. The average molecular weight is 269 g/mol. The normalized spacial score (nSPS) is 10.6. The average Bonchev–Trinajstić information content (AvgIpc) is 2.37. The molecule has 2 amide bonds. The molecule has 1 rings (SSSR count). The van der Waals surface area contributed by atoms with Crippen LogP contribution in [-0.4, -0.2) is 26.3 Å². The van der Waals surface area contributed by atoms with Gasteiger partial charge in [0.1, 0.15) is 0 Å². The lowest BCUT2D eigenvalue weighted by Gasteiger charge is -2.03. The molecule has 0 saturated heterocycles. The molecule has 1 aromatic carbocycles. The molecule has 0 aliphatic rings. The lowest BCUT2D eigenvalue weighted by atomic mass is 10.2. The SMILES string of the molecule is COCCCNC(=O)N/C=C/c1ccccc1Cl. The lowest BCUT2D eigenvalue weighted by Crippen LogP contribution is -2.33. The van der Waals surface area contributed by atoms with Gasteiger partial charge in [-0.15, -0.1) is 0 Å². The summed E-state index contributed by atoms with van der Waals surface area (Å²) < 4.78 is 4.88. The molecule has 1 aromatic rings. The molecule has 0 heterocycles. The Balaban J connectivity index is 2.28. The van der Waals surface area contributed by atoms with E-state index < -0.39 is 0 Å². The maximum atomic E-state index is 11.3. The van der Waals surface area contributed by atoms with E-state index >= 15 is 0 Å². The highest BCUT2D eigenvalue weighted by atomic mass is 35.5. The first kappa shape index (κ1) is 14.5. The predicted octanol–water partition coefficient (Wildman–Crippen LogP) is 2.65. The first-order chi connectivity index (χ1) is 8.74. The largest absolute Gasteiger partial charge is 0.385 e. The number of hydrogen-bond acceptors (Lipinski definition) is 2. The van der Waals surface area contributed by atoms with Gasteiger partial charge in [0.15, 0.2) is 0 Å². The van der Waals surface area contributed by atoms with E-state index in [0.717, 1.165) is 12.0 Å². The van der Waals surface area contributed by atoms with Crippen LogP contribution in [0.2, 0.25) is 5.02 Å². The molecule has 0 unspecified atom stereocenters. The number of carbonyl (C=O) groups excluding carboxylic acids is 1. The van der Waals surface area contributed by atoms with Crippen LogP contribution in [0.5, 0.6) is 0 Å². The summed E-state index contributed by atoms with van der Waals surface area (Å²) in [7, 11) is 1.63. The Morgan fingerprint density at radius 2 is 2.22 bits per heavy atom. The number of amides is 2. The molecule has 18 heavy (non-hydrogen) atoms. The molecular formula is C13H17ClN2O2. The molecule has 4 nitrogen and oxygen atoms in total. The van der Waals surface area contributed by atoms with Crippen molar-refractivity contribution in [1.29, 1.82) is 0 Å². The molecule has 0 aliphatic carbocycles. The summed E-state index contributed by atoms with van der Waals surface area (Å²) in [6.45, 7) is 1.22. The van der Waals surface area contributed by atoms with Crippen LogP contribution < -0.4 is 10.6 Å². The van der Waals surface area contributed by atoms with Gasteiger partial charge in [-0.1, -0.05) is 29.8 Å². The van der Waals surface area contributed by atoms with Crippen LogP contribution in [0, 0.1) is 0 Å². The Bertz CT molecular complexity index is 408. The minimum absolute atomic E-state index is 0.241. The monoisotopic (exact) mass is 268 g/mol. The fourth-order valence-corrected chi connectivity index (χ4v) is 1.49. The Hall–Kier alpha value is -1.52. The fraction of sp³-hybridized carbons (Fsp3) is 0.308. The fourth-order valence-electron chi connectivity index (χ4n) is 1.29. The van der Waals surface area contributed by atoms with Crippen molar-refractivity contribution in [2.24, 2.45) is 0 Å². The van der Waals surface area contributed by atoms with Crippen molar-refractivity contribution in [2.75, 3.05) is 20.3 Å². The van der Waals surface area contributed by atoms with E-state index in [4.69, 9.17) is 16.3 Å². The molecule has 0 atom stereocenters. The second kappa shape index (κ2) is 8.55. The molecule has 0 aliphatic heterocycles. The van der Waals surface area contributed by atoms with Gasteiger partial charge in [-0.05, 0) is 24.1 Å². The predicted molar refractivity (Wildman–Crippen MR) is 73.5 cm³/mol. The minimum atomic E-state index is -0.241. The Morgan fingerprint density at radius 3 is 2.94 bits per heavy atom. The van der Waals surface area contributed by atoms with Gasteiger partial charge in [0.25, 0.3) is 0 Å². The summed E-state index contributed by atoms with van der Waals surface area (Å²) in [4.78, 5) is 11.3. The van der Waals surface area contributed by atoms with Gasteiger partial charge < -0.3 is 15.4 Å². The van der Waals surface area contributed by atoms with Crippen molar-refractivity contribution in [3.63, 3.8) is 0 Å². The number of rotatable bonds is 6. The summed E-state index contributed by atoms with van der Waals surface area (Å²) in [6.07, 6.45) is 4.10. The van der Waals surface area contributed by atoms with Gasteiger partial charge in [-0.25, -0.2) is 4.79 Å². The molecule has 5 heteroatoms. The summed E-state index contributed by atoms with van der Waals surface area (Å²) in [5, 5.41) is 5.96. The highest BCUT2D eigenvalue weighted by Crippen LogP contribution is 2.15. The molecule has 98 valence electrons. The van der Waals surface area contributed by atoms with Crippen LogP contribution in [0.15, 0.2) is 30.5 Å². The maximum Gasteiger partial charge on any atom is 0.318 e. The second-order valence-electron chi connectivity index (χ2n) is 3.60. The molecule has 0 aromatic heterocycles. The van der Waals surface area contributed by atoms with Crippen LogP contribution in [0.3, 0.4) is 0 Å². The summed E-state index contributed by atoms with van der Waals surface area (Å²) in [6, 6.07) is 7.17. The lowest BCUT2D eigenvalue weighted by molar-refractivity contribution is 0.193. The van der Waals surface area contributed by atoms with E-state index in [-0.39, 0.29) is 6.03 Å². The summed E-state index contributed by atoms with van der Waals surface area (Å²) in [5.74, 6) is 0. The first-order valence-electron chi connectivity index (χ1n) is 5.68. The van der Waals surface area contributed by atoms with Gasteiger partial charge in [0.2, 0.25) is 0 Å². The Kier molecular flexibility index (Phi) is 6.91. The number of ether oxygens (including phenoxy) is 1. The molecule has 0 radical (unpaired) electrons. The third-order valence-electron chi connectivity index (χ3n) is 2.19. The number of halogens is 1. The van der Waals surface area contributed by atoms with Crippen molar-refractivity contribution >= 4 is 23.7 Å². The highest BCUT2D eigenvalue weighted by Gasteiger charge is 1.96. The van der Waals surface area contributed by atoms with E-state index in [0.29, 0.717) is 18.2 Å². The number of nitrogens with one attached hydrogen (secondary N) is 2. The van der Waals surface area contributed by atoms with Crippen molar-refractivity contribution in [3.05, 3.63) is 41.1 Å². The minimum Gasteiger partial charge on any atom is -0.385 e. The standard InChI is InChI=1S/C13H17ClN2O2/c1-18-10-4-8-15-13(17)16-9-7-11-5-2-3-6-12(11)14/h2-3,5-7,9H,4,8,10H2,1H3,(H2,15,16,17)/b9-7+. The zero-order valence-electron chi connectivity index (χ0n) is 10.3. The van der Waals surface area contributed by atoms with E-state index in [2.05, 4.69) is 10.6 Å². The maximum absolute atomic E-state index is 11.3. The van der Waals surface area contributed by atoms with Gasteiger partial charge >= 0.3 is 6.03 Å². The van der Waals surface area contributed by atoms with Crippen LogP contribution in [-0.2, 0) is 4.74 Å². The van der Waals surface area contributed by atoms with Crippen LogP contribution in [0.25, 0.3) is 6.08 Å². The zero-order chi connectivity index (χ0) is 13.2. The Morgan fingerprint density at radius 1 is 1.44 bits per heavy atom. The summed E-state index contributed by atoms with van der Waals surface area (Å²) in [5.41, 5.74) is 0.860. The third kappa shape index (κ3) is 5.70. The summed E-state index contributed by atoms with van der Waals surface area (Å²) >= 11 is 5.96. The van der Waals surface area contributed by atoms with Crippen LogP contribution >= 0.6 is 11.6 Å². The van der Waals surface area contributed by atoms with Gasteiger partial charge in [0.05, 0.1) is 0 Å². The van der Waals surface area contributed by atoms with Crippen molar-refractivity contribution < 1.29 is 9.53 Å². The molecule has 0 spiro atoms. The topological polar surface area (TPSA) is 50.4 Å². The Labute approximate surface area is 112 Å². The molecule has 2 N–H and O–H groups in total. The van der Waals surface area contributed by atoms with Gasteiger partial charge in [-0.2, -0.15) is 0 Å². The number of hydrogen-bond donors (Lipinski definition) is 2. The molecule has 0 saturated carbocycles. The first-order valence-corrected chi connectivity index (χ1v) is 6.06. The molecule has 0 fully saturated rings. The quantitative estimate of drug-likeness (QED) is 0.780. The van der Waals surface area contributed by atoms with Crippen molar-refractivity contribution in [1.82, 2.24) is 10.6 Å². The van der Waals surface area contributed by atoms with Crippen LogP contribution in [0.4, 0.5) is 4.79 Å². The second-order valence-corrected chi connectivity index (χ2v) is 4.01. The molecule has 0 bridgehead atoms. The van der Waals surface area contributed by atoms with Crippen molar-refractivity contribution in [2.45, 2.75) is 6.42 Å². The van der Waals surface area contributed by atoms with Gasteiger partial charge in [0, 0.05) is 31.5 Å². The number of carbonyl (C=O) groups is 1. The zero-order valence-corrected chi connectivity index (χ0v) is 11.0. The van der Waals surface area contributed by atoms with E-state index in [1.165, 1.54) is 0 Å².